The second-order valence-electron chi connectivity index (χ2n) is 6.74. The standard InChI is InChI=1S/C15H22O4/c1-8-10(16)4-5-14(3)6-7-15(18)9(2)13(17)19-12(15)11(8)14/h9-10,12,16,18H,4-7H2,1-3H3/t9-,10+,12+,14+,15+/m0/s1. The Morgan fingerprint density at radius 1 is 1.32 bits per heavy atom. The van der Waals surface area contributed by atoms with Gasteiger partial charge in [0, 0.05) is 0 Å². The van der Waals surface area contributed by atoms with Crippen molar-refractivity contribution in [3.63, 3.8) is 0 Å². The normalized spacial score (nSPS) is 49.7. The summed E-state index contributed by atoms with van der Waals surface area (Å²) in [6.07, 6.45) is 2.04. The van der Waals surface area contributed by atoms with Gasteiger partial charge in [-0.1, -0.05) is 6.92 Å². The van der Waals surface area contributed by atoms with Crippen LogP contribution in [-0.4, -0.2) is 34.0 Å². The van der Waals surface area contributed by atoms with E-state index in [0.29, 0.717) is 6.42 Å². The average Bonchev–Trinajstić information content (AvgIpc) is 2.59. The predicted molar refractivity (Wildman–Crippen MR) is 69.3 cm³/mol. The Morgan fingerprint density at radius 3 is 2.68 bits per heavy atom. The Hall–Kier alpha value is -0.870. The molecule has 3 rings (SSSR count). The van der Waals surface area contributed by atoms with Gasteiger partial charge in [0.05, 0.1) is 12.0 Å². The molecule has 1 saturated heterocycles. The van der Waals surface area contributed by atoms with Crippen LogP contribution in [0.4, 0.5) is 0 Å². The third kappa shape index (κ3) is 1.56. The number of carbonyl (C=O) groups excluding carboxylic acids is 1. The number of aliphatic hydroxyl groups excluding tert-OH is 1. The highest BCUT2D eigenvalue weighted by Crippen LogP contribution is 2.56. The number of aliphatic hydroxyl groups is 2. The number of ether oxygens (including phenoxy) is 1. The maximum atomic E-state index is 11.8. The molecule has 0 radical (unpaired) electrons. The first-order chi connectivity index (χ1) is 8.79. The van der Waals surface area contributed by atoms with Gasteiger partial charge in [0.15, 0.2) is 6.10 Å². The molecule has 0 bridgehead atoms. The van der Waals surface area contributed by atoms with E-state index in [1.165, 1.54) is 0 Å². The van der Waals surface area contributed by atoms with Crippen LogP contribution in [0.5, 0.6) is 0 Å². The molecule has 4 heteroatoms. The topological polar surface area (TPSA) is 66.8 Å². The minimum absolute atomic E-state index is 0.0510. The number of esters is 1. The molecule has 0 unspecified atom stereocenters. The molecule has 5 atom stereocenters. The zero-order chi connectivity index (χ0) is 14.0. The van der Waals surface area contributed by atoms with E-state index in [1.807, 2.05) is 6.92 Å². The Labute approximate surface area is 113 Å². The fraction of sp³-hybridized carbons (Fsp3) is 0.800. The molecule has 3 aliphatic rings. The van der Waals surface area contributed by atoms with Crippen LogP contribution in [0.3, 0.4) is 0 Å². The van der Waals surface area contributed by atoms with Crippen molar-refractivity contribution in [2.75, 3.05) is 0 Å². The van der Waals surface area contributed by atoms with E-state index in [2.05, 4.69) is 6.92 Å². The highest BCUT2D eigenvalue weighted by Gasteiger charge is 2.62. The van der Waals surface area contributed by atoms with Crippen molar-refractivity contribution in [1.82, 2.24) is 0 Å². The van der Waals surface area contributed by atoms with Crippen molar-refractivity contribution in [3.05, 3.63) is 11.1 Å². The maximum Gasteiger partial charge on any atom is 0.312 e. The molecule has 0 aromatic carbocycles. The fourth-order valence-electron chi connectivity index (χ4n) is 4.13. The smallest absolute Gasteiger partial charge is 0.312 e. The van der Waals surface area contributed by atoms with Gasteiger partial charge >= 0.3 is 5.97 Å². The maximum absolute atomic E-state index is 11.8. The molecule has 0 aromatic heterocycles. The van der Waals surface area contributed by atoms with Gasteiger partial charge < -0.3 is 14.9 Å². The molecule has 0 aromatic rings. The third-order valence-electron chi connectivity index (χ3n) is 5.68. The zero-order valence-corrected chi connectivity index (χ0v) is 11.8. The molecule has 2 fully saturated rings. The monoisotopic (exact) mass is 266 g/mol. The quantitative estimate of drug-likeness (QED) is 0.515. The van der Waals surface area contributed by atoms with Crippen LogP contribution in [0.25, 0.3) is 0 Å². The first-order valence-corrected chi connectivity index (χ1v) is 7.12. The van der Waals surface area contributed by atoms with Gasteiger partial charge in [0.2, 0.25) is 0 Å². The van der Waals surface area contributed by atoms with Crippen molar-refractivity contribution < 1.29 is 19.7 Å². The molecule has 19 heavy (non-hydrogen) atoms. The number of hydrogen-bond donors (Lipinski definition) is 2. The summed E-state index contributed by atoms with van der Waals surface area (Å²) in [5, 5.41) is 20.9. The van der Waals surface area contributed by atoms with Crippen molar-refractivity contribution in [3.8, 4) is 0 Å². The van der Waals surface area contributed by atoms with Gasteiger partial charge in [-0.05, 0) is 56.1 Å². The molecular weight excluding hydrogens is 244 g/mol. The Kier molecular flexibility index (Phi) is 2.64. The summed E-state index contributed by atoms with van der Waals surface area (Å²) in [6, 6.07) is 0. The van der Waals surface area contributed by atoms with E-state index >= 15 is 0 Å². The van der Waals surface area contributed by atoms with Crippen molar-refractivity contribution in [1.29, 1.82) is 0 Å². The minimum Gasteiger partial charge on any atom is -0.454 e. The van der Waals surface area contributed by atoms with Crippen LogP contribution in [0, 0.1) is 11.3 Å². The lowest BCUT2D eigenvalue weighted by atomic mass is 9.57. The second-order valence-corrected chi connectivity index (χ2v) is 6.74. The summed E-state index contributed by atoms with van der Waals surface area (Å²) >= 11 is 0. The number of hydrogen-bond acceptors (Lipinski definition) is 4. The van der Waals surface area contributed by atoms with E-state index < -0.39 is 23.7 Å². The van der Waals surface area contributed by atoms with E-state index in [0.717, 1.165) is 30.4 Å². The molecule has 0 spiro atoms. The minimum atomic E-state index is -1.09. The number of carbonyl (C=O) groups is 1. The van der Waals surface area contributed by atoms with Gasteiger partial charge in [0.25, 0.3) is 0 Å². The van der Waals surface area contributed by atoms with Gasteiger partial charge in [-0.25, -0.2) is 0 Å². The van der Waals surface area contributed by atoms with Crippen LogP contribution in [-0.2, 0) is 9.53 Å². The summed E-state index contributed by atoms with van der Waals surface area (Å²) < 4.78 is 5.48. The largest absolute Gasteiger partial charge is 0.454 e. The lowest BCUT2D eigenvalue weighted by Gasteiger charge is -2.50. The predicted octanol–water partition coefficient (Wildman–Crippen LogP) is 1.55. The van der Waals surface area contributed by atoms with Crippen LogP contribution in [0.1, 0.15) is 46.5 Å². The number of rotatable bonds is 0. The lowest BCUT2D eigenvalue weighted by molar-refractivity contribution is -0.143. The molecular formula is C15H22O4. The molecule has 1 heterocycles. The molecule has 4 nitrogen and oxygen atoms in total. The fourth-order valence-corrected chi connectivity index (χ4v) is 4.13. The lowest BCUT2D eigenvalue weighted by Crippen LogP contribution is -2.53. The average molecular weight is 266 g/mol. The highest BCUT2D eigenvalue weighted by molar-refractivity contribution is 5.77. The highest BCUT2D eigenvalue weighted by atomic mass is 16.6. The summed E-state index contributed by atoms with van der Waals surface area (Å²) in [5.41, 5.74) is 0.714. The zero-order valence-electron chi connectivity index (χ0n) is 11.8. The Morgan fingerprint density at radius 2 is 2.00 bits per heavy atom. The van der Waals surface area contributed by atoms with E-state index in [-0.39, 0.29) is 11.4 Å². The van der Waals surface area contributed by atoms with Crippen molar-refractivity contribution in [2.45, 2.75) is 64.3 Å². The summed E-state index contributed by atoms with van der Waals surface area (Å²) in [4.78, 5) is 11.8. The molecule has 2 N–H and O–H groups in total. The summed E-state index contributed by atoms with van der Waals surface area (Å²) in [5.74, 6) is -0.807. The molecule has 1 aliphatic heterocycles. The van der Waals surface area contributed by atoms with E-state index in [1.54, 1.807) is 6.92 Å². The van der Waals surface area contributed by atoms with Crippen molar-refractivity contribution >= 4 is 5.97 Å². The van der Waals surface area contributed by atoms with Crippen LogP contribution in [0.15, 0.2) is 11.1 Å². The van der Waals surface area contributed by atoms with Crippen LogP contribution < -0.4 is 0 Å². The van der Waals surface area contributed by atoms with Crippen molar-refractivity contribution in [2.24, 2.45) is 11.3 Å². The van der Waals surface area contributed by atoms with Gasteiger partial charge in [-0.3, -0.25) is 4.79 Å². The van der Waals surface area contributed by atoms with Crippen LogP contribution >= 0.6 is 0 Å². The Bertz CT molecular complexity index is 469. The first kappa shape index (κ1) is 13.1. The third-order valence-corrected chi connectivity index (χ3v) is 5.68. The Balaban J connectivity index is 2.12. The first-order valence-electron chi connectivity index (χ1n) is 7.12. The van der Waals surface area contributed by atoms with E-state index in [4.69, 9.17) is 4.74 Å². The molecule has 2 aliphatic carbocycles. The van der Waals surface area contributed by atoms with Gasteiger partial charge in [0.1, 0.15) is 5.60 Å². The van der Waals surface area contributed by atoms with Gasteiger partial charge in [-0.2, -0.15) is 0 Å². The summed E-state index contributed by atoms with van der Waals surface area (Å²) in [6.45, 7) is 5.80. The molecule has 106 valence electrons. The summed E-state index contributed by atoms with van der Waals surface area (Å²) in [7, 11) is 0. The van der Waals surface area contributed by atoms with Crippen LogP contribution in [0.2, 0.25) is 0 Å². The molecule has 0 amide bonds. The molecule has 1 saturated carbocycles. The van der Waals surface area contributed by atoms with Gasteiger partial charge in [-0.15, -0.1) is 0 Å². The second kappa shape index (κ2) is 3.83. The number of fused-ring (bicyclic) bond motifs is 3. The SMILES string of the molecule is CC1=C2[C@H]3OC(=O)[C@H](C)[C@]3(O)CC[C@@]2(C)CC[C@H]1O. The van der Waals surface area contributed by atoms with E-state index in [9.17, 15) is 15.0 Å².